The number of aliphatic hydroxyl groups is 1. The third-order valence-corrected chi connectivity index (χ3v) is 9.03. The van der Waals surface area contributed by atoms with Crippen LogP contribution in [0.4, 0.5) is 17.6 Å². The summed E-state index contributed by atoms with van der Waals surface area (Å²) in [6.07, 6.45) is 0.0413. The summed E-state index contributed by atoms with van der Waals surface area (Å²) in [7, 11) is 1.59. The minimum absolute atomic E-state index is 0.0380. The number of hydrogen-bond acceptors (Lipinski definition) is 4. The number of alkyl halides is 3. The number of likely N-dealkylation sites (N-methyl/N-ethyl adjacent to an activating group) is 1. The van der Waals surface area contributed by atoms with Crippen molar-refractivity contribution < 1.29 is 27.5 Å². The van der Waals surface area contributed by atoms with Gasteiger partial charge in [0, 0.05) is 60.8 Å². The molecule has 5 nitrogen and oxygen atoms in total. The average molecular weight is 613 g/mol. The van der Waals surface area contributed by atoms with Gasteiger partial charge in [-0.05, 0) is 74.5 Å². The van der Waals surface area contributed by atoms with E-state index in [1.54, 1.807) is 19.2 Å². The van der Waals surface area contributed by atoms with Gasteiger partial charge in [-0.1, -0.05) is 28.1 Å². The van der Waals surface area contributed by atoms with E-state index in [0.29, 0.717) is 24.7 Å². The predicted molar refractivity (Wildman–Crippen MR) is 144 cm³/mol. The largest absolute Gasteiger partial charge is 0.416 e. The fourth-order valence-corrected chi connectivity index (χ4v) is 7.14. The molecule has 2 bridgehead atoms. The number of nitrogens with zero attached hydrogens (tertiary/aromatic N) is 3. The lowest BCUT2D eigenvalue weighted by atomic mass is 9.92. The lowest BCUT2D eigenvalue weighted by Crippen LogP contribution is -2.64. The van der Waals surface area contributed by atoms with E-state index in [1.807, 2.05) is 0 Å². The molecule has 1 amide bonds. The van der Waals surface area contributed by atoms with Gasteiger partial charge in [-0.25, -0.2) is 4.39 Å². The van der Waals surface area contributed by atoms with Gasteiger partial charge in [-0.15, -0.1) is 0 Å². The first kappa shape index (κ1) is 28.5. The van der Waals surface area contributed by atoms with Crippen molar-refractivity contribution in [2.75, 3.05) is 33.2 Å². The Morgan fingerprint density at radius 2 is 1.72 bits per heavy atom. The third-order valence-electron chi connectivity index (χ3n) is 8.57. The van der Waals surface area contributed by atoms with Gasteiger partial charge in [0.15, 0.2) is 0 Å². The Hall–Kier alpha value is -2.01. The zero-order chi connectivity index (χ0) is 27.9. The minimum atomic E-state index is -4.56. The topological polar surface area (TPSA) is 47.0 Å². The van der Waals surface area contributed by atoms with Crippen LogP contribution < -0.4 is 0 Å². The number of fused-ring (bicyclic) bond motifs is 2. The molecule has 2 unspecified atom stereocenters. The number of benzene rings is 2. The Morgan fingerprint density at radius 1 is 1.08 bits per heavy atom. The molecule has 2 aromatic rings. The van der Waals surface area contributed by atoms with E-state index in [1.165, 1.54) is 23.1 Å². The first-order valence-electron chi connectivity index (χ1n) is 13.5. The second-order valence-electron chi connectivity index (χ2n) is 11.3. The number of aliphatic hydroxyl groups excluding tert-OH is 1. The summed E-state index contributed by atoms with van der Waals surface area (Å²) < 4.78 is 53.7. The Kier molecular flexibility index (Phi) is 8.38. The van der Waals surface area contributed by atoms with E-state index in [2.05, 4.69) is 25.7 Å². The number of carbonyl (C=O) groups excluding carboxylic acids is 1. The molecule has 0 aliphatic carbocycles. The van der Waals surface area contributed by atoms with Gasteiger partial charge in [-0.3, -0.25) is 9.69 Å². The van der Waals surface area contributed by atoms with Crippen molar-refractivity contribution in [3.63, 3.8) is 0 Å². The van der Waals surface area contributed by atoms with Crippen LogP contribution in [-0.4, -0.2) is 83.2 Å². The molecule has 212 valence electrons. The molecule has 10 heteroatoms. The molecule has 3 aliphatic heterocycles. The van der Waals surface area contributed by atoms with Gasteiger partial charge in [0.25, 0.3) is 5.91 Å². The molecule has 39 heavy (non-hydrogen) atoms. The van der Waals surface area contributed by atoms with Crippen LogP contribution in [-0.2, 0) is 6.18 Å². The van der Waals surface area contributed by atoms with Crippen LogP contribution in [0.3, 0.4) is 0 Å². The lowest BCUT2D eigenvalue weighted by Gasteiger charge is -2.51. The third kappa shape index (κ3) is 6.50. The number of likely N-dealkylation sites (tertiary alicyclic amines) is 1. The maximum Gasteiger partial charge on any atom is 0.416 e. The SMILES string of the molecule is CN(C[C@@H](CCN1CC(N2C3CCC2CC(O)C3)C1)c1ccc(F)cc1)C(=O)c1cc(Br)cc(C(F)(F)F)c1. The van der Waals surface area contributed by atoms with Gasteiger partial charge in [0.2, 0.25) is 0 Å². The highest BCUT2D eigenvalue weighted by atomic mass is 79.9. The van der Waals surface area contributed by atoms with Crippen LogP contribution in [0.1, 0.15) is 59.5 Å². The number of halogens is 5. The molecule has 3 saturated heterocycles. The van der Waals surface area contributed by atoms with Crippen molar-refractivity contribution in [2.24, 2.45) is 0 Å². The van der Waals surface area contributed by atoms with Crippen LogP contribution >= 0.6 is 15.9 Å². The summed E-state index contributed by atoms with van der Waals surface area (Å²) in [4.78, 5) is 19.6. The summed E-state index contributed by atoms with van der Waals surface area (Å²) >= 11 is 3.09. The molecule has 3 atom stereocenters. The van der Waals surface area contributed by atoms with E-state index in [0.717, 1.165) is 69.4 Å². The zero-order valence-electron chi connectivity index (χ0n) is 21.9. The molecular formula is C29H34BrF4N3O2. The molecule has 0 aromatic heterocycles. The summed E-state index contributed by atoms with van der Waals surface area (Å²) in [5.41, 5.74) is -0.0296. The standard InChI is InChI=1S/C29H34BrF4N3O2/c1-35(28(39)20-10-21(29(32,33)34)12-22(30)11-20)15-19(18-2-4-23(31)5-3-18)8-9-36-16-26(17-36)37-24-6-7-25(37)14-27(38)13-24/h2-5,10-12,19,24-27,38H,6-9,13-17H2,1H3/t19-,24?,25?,27?/m1/s1. The molecule has 0 radical (unpaired) electrons. The maximum absolute atomic E-state index is 13.6. The number of amides is 1. The first-order valence-corrected chi connectivity index (χ1v) is 14.3. The van der Waals surface area contributed by atoms with E-state index in [9.17, 15) is 27.5 Å². The molecule has 3 heterocycles. The van der Waals surface area contributed by atoms with Gasteiger partial charge in [-0.2, -0.15) is 13.2 Å². The van der Waals surface area contributed by atoms with Gasteiger partial charge >= 0.3 is 6.18 Å². The summed E-state index contributed by atoms with van der Waals surface area (Å²) in [6, 6.07) is 10.9. The van der Waals surface area contributed by atoms with Crippen molar-refractivity contribution in [2.45, 2.75) is 68.4 Å². The highest BCUT2D eigenvalue weighted by molar-refractivity contribution is 9.10. The monoisotopic (exact) mass is 611 g/mol. The fourth-order valence-electron chi connectivity index (χ4n) is 6.64. The van der Waals surface area contributed by atoms with Crippen LogP contribution in [0, 0.1) is 5.82 Å². The van der Waals surface area contributed by atoms with E-state index < -0.39 is 17.6 Å². The Bertz CT molecular complexity index is 1160. The van der Waals surface area contributed by atoms with Crippen LogP contribution in [0.5, 0.6) is 0 Å². The summed E-state index contributed by atoms with van der Waals surface area (Å²) in [6.45, 7) is 3.03. The van der Waals surface area contributed by atoms with E-state index in [-0.39, 0.29) is 27.9 Å². The van der Waals surface area contributed by atoms with Crippen LogP contribution in [0.15, 0.2) is 46.9 Å². The van der Waals surface area contributed by atoms with Crippen molar-refractivity contribution in [3.05, 3.63) is 69.4 Å². The lowest BCUT2D eigenvalue weighted by molar-refractivity contribution is -0.137. The number of hydrogen-bond donors (Lipinski definition) is 1. The van der Waals surface area contributed by atoms with Gasteiger partial charge < -0.3 is 14.9 Å². The Labute approximate surface area is 234 Å². The van der Waals surface area contributed by atoms with E-state index in [4.69, 9.17) is 0 Å². The second kappa shape index (κ2) is 11.5. The molecule has 0 saturated carbocycles. The predicted octanol–water partition coefficient (Wildman–Crippen LogP) is 5.52. The van der Waals surface area contributed by atoms with Crippen molar-refractivity contribution >= 4 is 21.8 Å². The highest BCUT2D eigenvalue weighted by Gasteiger charge is 2.46. The Morgan fingerprint density at radius 3 is 2.33 bits per heavy atom. The minimum Gasteiger partial charge on any atom is -0.393 e. The molecule has 2 aromatic carbocycles. The quantitative estimate of drug-likeness (QED) is 0.399. The van der Waals surface area contributed by atoms with Gasteiger partial charge in [0.1, 0.15) is 5.82 Å². The zero-order valence-corrected chi connectivity index (χ0v) is 23.5. The van der Waals surface area contributed by atoms with Crippen LogP contribution in [0.25, 0.3) is 0 Å². The number of carbonyl (C=O) groups is 1. The summed E-state index contributed by atoms with van der Waals surface area (Å²) in [5.74, 6) is -0.947. The van der Waals surface area contributed by atoms with Gasteiger partial charge in [0.05, 0.1) is 11.7 Å². The average Bonchev–Trinajstić information content (AvgIpc) is 3.10. The molecule has 1 N–H and O–H groups in total. The fraction of sp³-hybridized carbons (Fsp3) is 0.552. The molecule has 0 spiro atoms. The maximum atomic E-state index is 13.6. The molecule has 3 fully saturated rings. The smallest absolute Gasteiger partial charge is 0.393 e. The first-order chi connectivity index (χ1) is 18.5. The molecule has 3 aliphatic rings. The van der Waals surface area contributed by atoms with Crippen molar-refractivity contribution in [1.29, 1.82) is 0 Å². The molecular weight excluding hydrogens is 578 g/mol. The van der Waals surface area contributed by atoms with Crippen molar-refractivity contribution in [1.82, 2.24) is 14.7 Å². The normalized spacial score (nSPS) is 24.9. The molecule has 5 rings (SSSR count). The van der Waals surface area contributed by atoms with Crippen LogP contribution in [0.2, 0.25) is 0 Å². The Balaban J connectivity index is 1.22. The van der Waals surface area contributed by atoms with E-state index >= 15 is 0 Å². The highest BCUT2D eigenvalue weighted by Crippen LogP contribution is 2.39. The second-order valence-corrected chi connectivity index (χ2v) is 12.2. The number of piperidine rings is 1. The number of rotatable bonds is 8. The van der Waals surface area contributed by atoms with Crippen molar-refractivity contribution in [3.8, 4) is 0 Å². The summed E-state index contributed by atoms with van der Waals surface area (Å²) in [5, 5.41) is 10.1.